The van der Waals surface area contributed by atoms with Crippen LogP contribution in [0.2, 0.25) is 0 Å². The Kier molecular flexibility index (Phi) is 3.25. The first kappa shape index (κ1) is 12.0. The van der Waals surface area contributed by atoms with Gasteiger partial charge in [0, 0.05) is 33.1 Å². The van der Waals surface area contributed by atoms with Crippen LogP contribution >= 0.6 is 15.9 Å². The third-order valence-corrected chi connectivity index (χ3v) is 4.38. The van der Waals surface area contributed by atoms with Crippen molar-refractivity contribution in [2.75, 3.05) is 0 Å². The maximum atomic E-state index is 12.5. The van der Waals surface area contributed by atoms with E-state index in [2.05, 4.69) is 20.9 Å². The molecule has 0 atom stereocenters. The largest absolute Gasteiger partial charge is 0.360 e. The van der Waals surface area contributed by atoms with Gasteiger partial charge in [0.05, 0.1) is 0 Å². The Morgan fingerprint density at radius 1 is 1.22 bits per heavy atom. The zero-order valence-electron chi connectivity index (χ0n) is 10.2. The summed E-state index contributed by atoms with van der Waals surface area (Å²) in [6.07, 6.45) is 7.66. The molecule has 94 valence electrons. The molecule has 0 amide bonds. The summed E-state index contributed by atoms with van der Waals surface area (Å²) in [4.78, 5) is 15.7. The zero-order valence-corrected chi connectivity index (χ0v) is 11.8. The molecule has 3 heteroatoms. The first-order valence-corrected chi connectivity index (χ1v) is 7.36. The molecule has 0 radical (unpaired) electrons. The number of rotatable bonds is 2. The highest BCUT2D eigenvalue weighted by atomic mass is 79.9. The predicted octanol–water partition coefficient (Wildman–Crippen LogP) is 4.69. The van der Waals surface area contributed by atoms with Gasteiger partial charge in [0.25, 0.3) is 0 Å². The van der Waals surface area contributed by atoms with Crippen LogP contribution in [0.25, 0.3) is 10.9 Å². The van der Waals surface area contributed by atoms with Gasteiger partial charge >= 0.3 is 0 Å². The van der Waals surface area contributed by atoms with Gasteiger partial charge < -0.3 is 4.98 Å². The van der Waals surface area contributed by atoms with E-state index in [1.807, 2.05) is 24.4 Å². The standard InChI is InChI=1S/C15H16BrNO/c16-11-6-7-12-13(9-17-14(12)8-11)15(18)10-4-2-1-3-5-10/h6-10,17H,1-5H2. The lowest BCUT2D eigenvalue weighted by Gasteiger charge is -2.19. The van der Waals surface area contributed by atoms with Crippen LogP contribution in [0.3, 0.4) is 0 Å². The molecule has 0 saturated heterocycles. The smallest absolute Gasteiger partial charge is 0.168 e. The van der Waals surface area contributed by atoms with Crippen LogP contribution in [0.5, 0.6) is 0 Å². The summed E-state index contributed by atoms with van der Waals surface area (Å²) in [5.74, 6) is 0.560. The lowest BCUT2D eigenvalue weighted by atomic mass is 9.84. The molecule has 1 aromatic carbocycles. The van der Waals surface area contributed by atoms with E-state index in [-0.39, 0.29) is 5.92 Å². The van der Waals surface area contributed by atoms with Gasteiger partial charge in [0.15, 0.2) is 5.78 Å². The quantitative estimate of drug-likeness (QED) is 0.802. The molecule has 0 unspecified atom stereocenters. The van der Waals surface area contributed by atoms with E-state index < -0.39 is 0 Å². The Morgan fingerprint density at radius 2 is 2.00 bits per heavy atom. The molecule has 1 N–H and O–H groups in total. The van der Waals surface area contributed by atoms with Gasteiger partial charge in [-0.2, -0.15) is 0 Å². The van der Waals surface area contributed by atoms with E-state index in [1.165, 1.54) is 19.3 Å². The molecule has 1 aromatic heterocycles. The van der Waals surface area contributed by atoms with Gasteiger partial charge in [0.1, 0.15) is 0 Å². The van der Waals surface area contributed by atoms with E-state index in [9.17, 15) is 4.79 Å². The maximum Gasteiger partial charge on any atom is 0.168 e. The van der Waals surface area contributed by atoms with Crippen LogP contribution in [0.1, 0.15) is 42.5 Å². The molecule has 1 saturated carbocycles. The number of hydrogen-bond donors (Lipinski definition) is 1. The van der Waals surface area contributed by atoms with E-state index in [0.717, 1.165) is 33.8 Å². The minimum absolute atomic E-state index is 0.237. The van der Waals surface area contributed by atoms with E-state index in [1.54, 1.807) is 0 Å². The summed E-state index contributed by atoms with van der Waals surface area (Å²) in [6, 6.07) is 6.03. The second-order valence-corrected chi connectivity index (χ2v) is 6.01. The van der Waals surface area contributed by atoms with Crippen molar-refractivity contribution in [1.29, 1.82) is 0 Å². The molecule has 1 aliphatic rings. The SMILES string of the molecule is O=C(c1c[nH]c2cc(Br)ccc12)C1CCCCC1. The van der Waals surface area contributed by atoms with Crippen molar-refractivity contribution in [3.63, 3.8) is 0 Å². The van der Waals surface area contributed by atoms with Crippen molar-refractivity contribution >= 4 is 32.6 Å². The minimum Gasteiger partial charge on any atom is -0.360 e. The molecule has 1 heterocycles. The molecule has 2 nitrogen and oxygen atoms in total. The summed E-state index contributed by atoms with van der Waals surface area (Å²) >= 11 is 3.45. The predicted molar refractivity (Wildman–Crippen MR) is 76.9 cm³/mol. The third-order valence-electron chi connectivity index (χ3n) is 3.89. The van der Waals surface area contributed by atoms with Crippen LogP contribution in [0.15, 0.2) is 28.9 Å². The number of benzene rings is 1. The number of hydrogen-bond acceptors (Lipinski definition) is 1. The number of ketones is 1. The lowest BCUT2D eigenvalue weighted by Crippen LogP contribution is -2.17. The molecule has 2 aromatic rings. The van der Waals surface area contributed by atoms with E-state index >= 15 is 0 Å². The number of aromatic nitrogens is 1. The van der Waals surface area contributed by atoms with E-state index in [0.29, 0.717) is 5.78 Å². The van der Waals surface area contributed by atoms with Crippen molar-refractivity contribution in [3.8, 4) is 0 Å². The summed E-state index contributed by atoms with van der Waals surface area (Å²) in [5, 5.41) is 1.05. The number of aromatic amines is 1. The fourth-order valence-electron chi connectivity index (χ4n) is 2.89. The number of halogens is 1. The number of carbonyl (C=O) groups is 1. The van der Waals surface area contributed by atoms with Crippen molar-refractivity contribution in [2.24, 2.45) is 5.92 Å². The first-order chi connectivity index (χ1) is 8.75. The van der Waals surface area contributed by atoms with Gasteiger partial charge in [-0.3, -0.25) is 4.79 Å². The molecule has 18 heavy (non-hydrogen) atoms. The number of H-pyrrole nitrogens is 1. The Balaban J connectivity index is 1.96. The van der Waals surface area contributed by atoms with Gasteiger partial charge in [-0.05, 0) is 25.0 Å². The molecule has 0 aliphatic heterocycles. The van der Waals surface area contributed by atoms with Crippen LogP contribution in [0.4, 0.5) is 0 Å². The second kappa shape index (κ2) is 4.88. The topological polar surface area (TPSA) is 32.9 Å². The van der Waals surface area contributed by atoms with Gasteiger partial charge in [0.2, 0.25) is 0 Å². The fourth-order valence-corrected chi connectivity index (χ4v) is 3.25. The summed E-state index contributed by atoms with van der Waals surface area (Å²) in [6.45, 7) is 0. The molecule has 1 fully saturated rings. The monoisotopic (exact) mass is 305 g/mol. The number of nitrogens with one attached hydrogen (secondary N) is 1. The molecule has 0 spiro atoms. The fraction of sp³-hybridized carbons (Fsp3) is 0.400. The van der Waals surface area contributed by atoms with Crippen molar-refractivity contribution in [1.82, 2.24) is 4.98 Å². The lowest BCUT2D eigenvalue weighted by molar-refractivity contribution is 0.0891. The third kappa shape index (κ3) is 2.12. The summed E-state index contributed by atoms with van der Waals surface area (Å²) in [7, 11) is 0. The summed E-state index contributed by atoms with van der Waals surface area (Å²) in [5.41, 5.74) is 1.90. The normalized spacial score (nSPS) is 17.2. The zero-order chi connectivity index (χ0) is 12.5. The first-order valence-electron chi connectivity index (χ1n) is 6.56. The molecule has 0 bridgehead atoms. The average Bonchev–Trinajstić information content (AvgIpc) is 2.81. The van der Waals surface area contributed by atoms with Crippen LogP contribution < -0.4 is 0 Å². The van der Waals surface area contributed by atoms with Gasteiger partial charge in [-0.1, -0.05) is 41.3 Å². The molecule has 1 aliphatic carbocycles. The highest BCUT2D eigenvalue weighted by Gasteiger charge is 2.24. The number of Topliss-reactive ketones (excluding diaryl/α,β-unsaturated/α-hetero) is 1. The highest BCUT2D eigenvalue weighted by molar-refractivity contribution is 9.10. The maximum absolute atomic E-state index is 12.5. The summed E-state index contributed by atoms with van der Waals surface area (Å²) < 4.78 is 1.04. The van der Waals surface area contributed by atoms with Gasteiger partial charge in [-0.25, -0.2) is 0 Å². The Bertz CT molecular complexity index is 581. The van der Waals surface area contributed by atoms with Crippen LogP contribution in [-0.2, 0) is 0 Å². The highest BCUT2D eigenvalue weighted by Crippen LogP contribution is 2.30. The Morgan fingerprint density at radius 3 is 2.78 bits per heavy atom. The Hall–Kier alpha value is -1.09. The van der Waals surface area contributed by atoms with Crippen LogP contribution in [-0.4, -0.2) is 10.8 Å². The number of carbonyl (C=O) groups excluding carboxylic acids is 1. The van der Waals surface area contributed by atoms with Crippen molar-refractivity contribution in [3.05, 3.63) is 34.4 Å². The molecular weight excluding hydrogens is 290 g/mol. The second-order valence-electron chi connectivity index (χ2n) is 5.09. The van der Waals surface area contributed by atoms with E-state index in [4.69, 9.17) is 0 Å². The molecule has 3 rings (SSSR count). The van der Waals surface area contributed by atoms with Crippen LogP contribution in [0, 0.1) is 5.92 Å². The van der Waals surface area contributed by atoms with Crippen molar-refractivity contribution < 1.29 is 4.79 Å². The molecular formula is C15H16BrNO. The Labute approximate surface area is 115 Å². The number of fused-ring (bicyclic) bond motifs is 1. The van der Waals surface area contributed by atoms with Gasteiger partial charge in [-0.15, -0.1) is 0 Å². The minimum atomic E-state index is 0.237. The average molecular weight is 306 g/mol. The van der Waals surface area contributed by atoms with Crippen molar-refractivity contribution in [2.45, 2.75) is 32.1 Å².